The first kappa shape index (κ1) is 14.0. The van der Waals surface area contributed by atoms with E-state index < -0.39 is 23.7 Å². The van der Waals surface area contributed by atoms with Crippen molar-refractivity contribution in [1.29, 1.82) is 0 Å². The largest absolute Gasteiger partial charge is 0.478 e. The van der Waals surface area contributed by atoms with E-state index in [2.05, 4.69) is 15.0 Å². The molecular formula is C11H16N2O5. The maximum Gasteiger partial charge on any atom is 0.408 e. The van der Waals surface area contributed by atoms with Gasteiger partial charge in [0, 0.05) is 0 Å². The van der Waals surface area contributed by atoms with Gasteiger partial charge in [0.2, 0.25) is 0 Å². The highest BCUT2D eigenvalue weighted by Crippen LogP contribution is 2.17. The minimum atomic E-state index is -1.16. The molecule has 100 valence electrons. The Hall–Kier alpha value is -2.05. The summed E-state index contributed by atoms with van der Waals surface area (Å²) in [5, 5.41) is 14.9. The molecule has 1 aromatic rings. The number of aromatic carboxylic acids is 1. The molecule has 7 nitrogen and oxygen atoms in total. The van der Waals surface area contributed by atoms with E-state index in [1.165, 1.54) is 0 Å². The van der Waals surface area contributed by atoms with Gasteiger partial charge in [-0.05, 0) is 27.7 Å². The highest BCUT2D eigenvalue weighted by atomic mass is 16.6. The van der Waals surface area contributed by atoms with Crippen LogP contribution in [0.3, 0.4) is 0 Å². The molecule has 0 spiro atoms. The van der Waals surface area contributed by atoms with Crippen LogP contribution in [0.25, 0.3) is 0 Å². The third kappa shape index (κ3) is 3.76. The zero-order valence-electron chi connectivity index (χ0n) is 10.7. The van der Waals surface area contributed by atoms with Gasteiger partial charge in [-0.2, -0.15) is 0 Å². The number of hydrogen-bond donors (Lipinski definition) is 2. The van der Waals surface area contributed by atoms with Crippen LogP contribution in [0.1, 0.15) is 49.8 Å². The molecule has 0 radical (unpaired) electrons. The van der Waals surface area contributed by atoms with Crippen LogP contribution >= 0.6 is 0 Å². The second kappa shape index (κ2) is 5.07. The van der Waals surface area contributed by atoms with Crippen molar-refractivity contribution in [3.63, 3.8) is 0 Å². The average Bonchev–Trinajstić information content (AvgIpc) is 2.61. The summed E-state index contributed by atoms with van der Waals surface area (Å²) in [6, 6.07) is -0.621. The summed E-state index contributed by atoms with van der Waals surface area (Å²) in [6.45, 7) is 6.79. The fraction of sp³-hybridized carbons (Fsp3) is 0.545. The van der Waals surface area contributed by atoms with Gasteiger partial charge in [0.15, 0.2) is 0 Å². The fourth-order valence-corrected chi connectivity index (χ4v) is 1.27. The van der Waals surface area contributed by atoms with Gasteiger partial charge in [0.05, 0.1) is 6.04 Å². The van der Waals surface area contributed by atoms with Crippen molar-refractivity contribution in [3.8, 4) is 0 Å². The minimum absolute atomic E-state index is 0.0847. The lowest BCUT2D eigenvalue weighted by molar-refractivity contribution is 0.0503. The van der Waals surface area contributed by atoms with Crippen molar-refractivity contribution >= 4 is 12.1 Å². The SMILES string of the molecule is C[C@H](NC(=O)OC(C)(C)C)c1nocc1C(=O)O. The normalized spacial score (nSPS) is 12.9. The Balaban J connectivity index is 2.71. The summed E-state index contributed by atoms with van der Waals surface area (Å²) in [6.07, 6.45) is 0.375. The molecule has 0 aromatic carbocycles. The number of nitrogens with one attached hydrogen (secondary N) is 1. The highest BCUT2D eigenvalue weighted by molar-refractivity contribution is 5.88. The average molecular weight is 256 g/mol. The third-order valence-corrected chi connectivity index (χ3v) is 1.97. The van der Waals surface area contributed by atoms with Gasteiger partial charge in [-0.25, -0.2) is 9.59 Å². The van der Waals surface area contributed by atoms with Crippen molar-refractivity contribution in [2.75, 3.05) is 0 Å². The predicted octanol–water partition coefficient (Wildman–Crippen LogP) is 1.96. The van der Waals surface area contributed by atoms with E-state index in [1.54, 1.807) is 27.7 Å². The number of ether oxygens (including phenoxy) is 1. The molecule has 1 atom stereocenters. The lowest BCUT2D eigenvalue weighted by Gasteiger charge is -2.21. The molecule has 1 rings (SSSR count). The quantitative estimate of drug-likeness (QED) is 0.857. The van der Waals surface area contributed by atoms with E-state index in [0.717, 1.165) is 6.26 Å². The maximum absolute atomic E-state index is 11.5. The number of carbonyl (C=O) groups excluding carboxylic acids is 1. The Labute approximate surface area is 104 Å². The standard InChI is InChI=1S/C11H16N2O5/c1-6(12-10(16)18-11(2,3)4)8-7(9(14)15)5-17-13-8/h5-6H,1-4H3,(H,12,16)(H,14,15)/t6-/m0/s1. The number of aromatic nitrogens is 1. The van der Waals surface area contributed by atoms with Crippen LogP contribution in [-0.2, 0) is 4.74 Å². The van der Waals surface area contributed by atoms with Gasteiger partial charge in [-0.3, -0.25) is 0 Å². The molecule has 1 amide bonds. The van der Waals surface area contributed by atoms with Gasteiger partial charge in [0.25, 0.3) is 0 Å². The molecule has 0 saturated carbocycles. The first-order chi connectivity index (χ1) is 8.20. The third-order valence-electron chi connectivity index (χ3n) is 1.97. The number of nitrogens with zero attached hydrogens (tertiary/aromatic N) is 1. The molecule has 0 saturated heterocycles. The summed E-state index contributed by atoms with van der Waals surface area (Å²) in [7, 11) is 0. The molecule has 0 aliphatic rings. The second-order valence-electron chi connectivity index (χ2n) is 4.79. The lowest BCUT2D eigenvalue weighted by Crippen LogP contribution is -2.34. The number of rotatable bonds is 3. The zero-order valence-corrected chi connectivity index (χ0v) is 10.7. The Morgan fingerprint density at radius 2 is 2.11 bits per heavy atom. The number of alkyl carbamates (subject to hydrolysis) is 1. The van der Waals surface area contributed by atoms with E-state index in [4.69, 9.17) is 9.84 Å². The van der Waals surface area contributed by atoms with Crippen LogP contribution in [-0.4, -0.2) is 27.9 Å². The molecule has 0 unspecified atom stereocenters. The highest BCUT2D eigenvalue weighted by Gasteiger charge is 2.23. The topological polar surface area (TPSA) is 102 Å². The Kier molecular flexibility index (Phi) is 3.95. The number of hydrogen-bond acceptors (Lipinski definition) is 5. The second-order valence-corrected chi connectivity index (χ2v) is 4.79. The fourth-order valence-electron chi connectivity index (χ4n) is 1.27. The van der Waals surface area contributed by atoms with Crippen LogP contribution in [0.2, 0.25) is 0 Å². The number of carbonyl (C=O) groups is 2. The van der Waals surface area contributed by atoms with E-state index in [0.29, 0.717) is 0 Å². The van der Waals surface area contributed by atoms with Crippen molar-refractivity contribution in [3.05, 3.63) is 17.5 Å². The van der Waals surface area contributed by atoms with Gasteiger partial charge in [0.1, 0.15) is 23.1 Å². The number of carboxylic acid groups (broad SMARTS) is 1. The summed E-state index contributed by atoms with van der Waals surface area (Å²) < 4.78 is 9.64. The Morgan fingerprint density at radius 3 is 2.61 bits per heavy atom. The number of amides is 1. The molecule has 18 heavy (non-hydrogen) atoms. The van der Waals surface area contributed by atoms with E-state index in [1.807, 2.05) is 0 Å². The van der Waals surface area contributed by atoms with E-state index in [9.17, 15) is 9.59 Å². The van der Waals surface area contributed by atoms with Gasteiger partial charge < -0.3 is 19.7 Å². The van der Waals surface area contributed by atoms with Gasteiger partial charge >= 0.3 is 12.1 Å². The molecule has 1 aromatic heterocycles. The maximum atomic E-state index is 11.5. The smallest absolute Gasteiger partial charge is 0.408 e. The molecule has 7 heteroatoms. The van der Waals surface area contributed by atoms with Gasteiger partial charge in [-0.15, -0.1) is 0 Å². The predicted molar refractivity (Wildman–Crippen MR) is 61.2 cm³/mol. The Morgan fingerprint density at radius 1 is 1.50 bits per heavy atom. The molecule has 1 heterocycles. The van der Waals surface area contributed by atoms with Crippen LogP contribution in [0, 0.1) is 0 Å². The molecule has 0 bridgehead atoms. The zero-order chi connectivity index (χ0) is 13.9. The minimum Gasteiger partial charge on any atom is -0.478 e. The van der Waals surface area contributed by atoms with Crippen molar-refractivity contribution in [2.45, 2.75) is 39.3 Å². The van der Waals surface area contributed by atoms with E-state index in [-0.39, 0.29) is 11.3 Å². The van der Waals surface area contributed by atoms with E-state index >= 15 is 0 Å². The van der Waals surface area contributed by atoms with Crippen molar-refractivity contribution in [2.24, 2.45) is 0 Å². The molecule has 0 fully saturated rings. The van der Waals surface area contributed by atoms with Crippen LogP contribution in [0.4, 0.5) is 4.79 Å². The molecule has 2 N–H and O–H groups in total. The van der Waals surface area contributed by atoms with Gasteiger partial charge in [-0.1, -0.05) is 5.16 Å². The summed E-state index contributed by atoms with van der Waals surface area (Å²) >= 11 is 0. The van der Waals surface area contributed by atoms with Crippen molar-refractivity contribution in [1.82, 2.24) is 10.5 Å². The number of carboxylic acids is 1. The van der Waals surface area contributed by atoms with Crippen LogP contribution < -0.4 is 5.32 Å². The van der Waals surface area contributed by atoms with Crippen LogP contribution in [0.5, 0.6) is 0 Å². The lowest BCUT2D eigenvalue weighted by atomic mass is 10.1. The van der Waals surface area contributed by atoms with Crippen LogP contribution in [0.15, 0.2) is 10.8 Å². The summed E-state index contributed by atoms with van der Waals surface area (Å²) in [5.41, 5.74) is -0.560. The summed E-state index contributed by atoms with van der Waals surface area (Å²) in [5.74, 6) is -1.16. The summed E-state index contributed by atoms with van der Waals surface area (Å²) in [4.78, 5) is 22.4. The first-order valence-corrected chi connectivity index (χ1v) is 5.38. The molecule has 0 aliphatic heterocycles. The molecular weight excluding hydrogens is 240 g/mol. The Bertz CT molecular complexity index is 447. The first-order valence-electron chi connectivity index (χ1n) is 5.38. The van der Waals surface area contributed by atoms with Crippen molar-refractivity contribution < 1.29 is 24.0 Å². The molecule has 0 aliphatic carbocycles. The monoisotopic (exact) mass is 256 g/mol.